The molecule has 35 heavy (non-hydrogen) atoms. The molecule has 0 saturated carbocycles. The van der Waals surface area contributed by atoms with Gasteiger partial charge in [0.2, 0.25) is 0 Å². The van der Waals surface area contributed by atoms with Gasteiger partial charge in [0, 0.05) is 18.4 Å². The molecule has 1 fully saturated rings. The summed E-state index contributed by atoms with van der Waals surface area (Å²) in [4.78, 5) is 0. The third-order valence-corrected chi connectivity index (χ3v) is 6.57. The Kier molecular flexibility index (Phi) is 9.25. The maximum Gasteiger partial charge on any atom is 0.158 e. The second kappa shape index (κ2) is 12.8. The fraction of sp³-hybridized carbons (Fsp3) is 0.433. The lowest BCUT2D eigenvalue weighted by atomic mass is 9.98. The summed E-state index contributed by atoms with van der Waals surface area (Å²) in [5, 5.41) is 10.5. The molecule has 5 heteroatoms. The molecular formula is C30H34FNO3. The van der Waals surface area contributed by atoms with Gasteiger partial charge in [-0.1, -0.05) is 62.2 Å². The number of benzene rings is 3. The molecule has 0 spiro atoms. The van der Waals surface area contributed by atoms with Gasteiger partial charge in [-0.3, -0.25) is 0 Å². The van der Waals surface area contributed by atoms with E-state index in [4.69, 9.17) is 19.5 Å². The van der Waals surface area contributed by atoms with E-state index in [1.807, 2.05) is 36.4 Å². The van der Waals surface area contributed by atoms with Crippen molar-refractivity contribution in [2.45, 2.75) is 64.3 Å². The lowest BCUT2D eigenvalue weighted by Crippen LogP contribution is -2.37. The van der Waals surface area contributed by atoms with Crippen LogP contribution in [0.5, 0.6) is 0 Å². The summed E-state index contributed by atoms with van der Waals surface area (Å²) < 4.78 is 32.7. The van der Waals surface area contributed by atoms with Gasteiger partial charge in [0.1, 0.15) is 11.9 Å². The maximum absolute atomic E-state index is 15.2. The van der Waals surface area contributed by atoms with E-state index in [-0.39, 0.29) is 18.2 Å². The molecule has 184 valence electrons. The Morgan fingerprint density at radius 1 is 0.943 bits per heavy atom. The van der Waals surface area contributed by atoms with Crippen molar-refractivity contribution in [2.24, 2.45) is 0 Å². The standard InChI is InChI=1S/C30H34FNO3/c1-2-3-4-17-33-27-20-34-29(35-21-27)16-11-23-10-15-28-26(18-23)14-13-25(30(28)31)12-9-22-5-7-24(19-32)8-6-22/h5-8,10,13-15,18,27,29H,2-4,9,11-12,16-17,20-21H2,1H3. The summed E-state index contributed by atoms with van der Waals surface area (Å²) >= 11 is 0. The molecule has 1 saturated heterocycles. The van der Waals surface area contributed by atoms with Gasteiger partial charge in [0.05, 0.1) is 24.8 Å². The van der Waals surface area contributed by atoms with Crippen LogP contribution >= 0.6 is 0 Å². The van der Waals surface area contributed by atoms with Crippen LogP contribution in [0, 0.1) is 17.1 Å². The molecule has 0 aliphatic carbocycles. The van der Waals surface area contributed by atoms with E-state index >= 15 is 4.39 Å². The largest absolute Gasteiger partial charge is 0.373 e. The molecule has 0 N–H and O–H groups in total. The Bertz CT molecular complexity index is 1130. The summed E-state index contributed by atoms with van der Waals surface area (Å²) in [7, 11) is 0. The van der Waals surface area contributed by atoms with Crippen molar-refractivity contribution in [2.75, 3.05) is 19.8 Å². The highest BCUT2D eigenvalue weighted by atomic mass is 19.1. The molecule has 4 nitrogen and oxygen atoms in total. The van der Waals surface area contributed by atoms with Crippen LogP contribution in [0.2, 0.25) is 0 Å². The third-order valence-electron chi connectivity index (χ3n) is 6.57. The Labute approximate surface area is 207 Å². The van der Waals surface area contributed by atoms with Gasteiger partial charge < -0.3 is 14.2 Å². The third kappa shape index (κ3) is 7.11. The van der Waals surface area contributed by atoms with Crippen molar-refractivity contribution in [3.8, 4) is 6.07 Å². The van der Waals surface area contributed by atoms with Gasteiger partial charge in [-0.05, 0) is 59.9 Å². The van der Waals surface area contributed by atoms with Gasteiger partial charge in [-0.25, -0.2) is 4.39 Å². The number of fused-ring (bicyclic) bond motifs is 1. The number of ether oxygens (including phenoxy) is 3. The van der Waals surface area contributed by atoms with Crippen molar-refractivity contribution in [3.05, 3.63) is 82.7 Å². The Morgan fingerprint density at radius 2 is 1.71 bits per heavy atom. The van der Waals surface area contributed by atoms with Crippen LogP contribution in [0.25, 0.3) is 10.8 Å². The van der Waals surface area contributed by atoms with Gasteiger partial charge in [-0.2, -0.15) is 5.26 Å². The van der Waals surface area contributed by atoms with Gasteiger partial charge in [0.25, 0.3) is 0 Å². The quantitative estimate of drug-likeness (QED) is 0.296. The molecule has 3 aromatic rings. The smallest absolute Gasteiger partial charge is 0.158 e. The van der Waals surface area contributed by atoms with Gasteiger partial charge in [-0.15, -0.1) is 0 Å². The zero-order valence-corrected chi connectivity index (χ0v) is 20.5. The minimum atomic E-state index is -0.220. The maximum atomic E-state index is 15.2. The average Bonchev–Trinajstić information content (AvgIpc) is 2.90. The highest BCUT2D eigenvalue weighted by molar-refractivity contribution is 5.84. The van der Waals surface area contributed by atoms with Crippen molar-refractivity contribution >= 4 is 10.8 Å². The molecule has 4 rings (SSSR count). The summed E-state index contributed by atoms with van der Waals surface area (Å²) in [6.07, 6.45) is 6.19. The van der Waals surface area contributed by atoms with Crippen LogP contribution in [0.1, 0.15) is 54.9 Å². The van der Waals surface area contributed by atoms with Crippen LogP contribution in [0.4, 0.5) is 4.39 Å². The Morgan fingerprint density at radius 3 is 2.46 bits per heavy atom. The second-order valence-electron chi connectivity index (χ2n) is 9.24. The molecule has 1 aliphatic heterocycles. The van der Waals surface area contributed by atoms with E-state index < -0.39 is 0 Å². The summed E-state index contributed by atoms with van der Waals surface area (Å²) in [5.41, 5.74) is 3.59. The minimum Gasteiger partial charge on any atom is -0.373 e. The van der Waals surface area contributed by atoms with Crippen LogP contribution in [-0.2, 0) is 33.5 Å². The fourth-order valence-corrected chi connectivity index (χ4v) is 4.44. The zero-order chi connectivity index (χ0) is 24.5. The topological polar surface area (TPSA) is 51.5 Å². The molecule has 0 amide bonds. The summed E-state index contributed by atoms with van der Waals surface area (Å²) in [5.74, 6) is -0.147. The Balaban J connectivity index is 1.27. The van der Waals surface area contributed by atoms with Crippen LogP contribution in [-0.4, -0.2) is 32.2 Å². The normalized spacial score (nSPS) is 18.0. The van der Waals surface area contributed by atoms with Crippen molar-refractivity contribution in [1.82, 2.24) is 0 Å². The van der Waals surface area contributed by atoms with Crippen molar-refractivity contribution < 1.29 is 18.6 Å². The van der Waals surface area contributed by atoms with E-state index in [9.17, 15) is 0 Å². The number of nitriles is 1. The first kappa shape index (κ1) is 25.3. The summed E-state index contributed by atoms with van der Waals surface area (Å²) in [6.45, 7) is 4.10. The Hall–Kier alpha value is -2.78. The molecule has 0 atom stereocenters. The van der Waals surface area contributed by atoms with Crippen LogP contribution in [0.3, 0.4) is 0 Å². The number of halogens is 1. The predicted molar refractivity (Wildman–Crippen MR) is 136 cm³/mol. The number of unbranched alkanes of at least 4 members (excludes halogenated alkanes) is 2. The van der Waals surface area contributed by atoms with Gasteiger partial charge >= 0.3 is 0 Å². The summed E-state index contributed by atoms with van der Waals surface area (Å²) in [6, 6.07) is 19.4. The van der Waals surface area contributed by atoms with Gasteiger partial charge in [0.15, 0.2) is 6.29 Å². The first-order valence-corrected chi connectivity index (χ1v) is 12.7. The molecule has 0 radical (unpaired) electrons. The van der Waals surface area contributed by atoms with E-state index in [0.717, 1.165) is 48.8 Å². The van der Waals surface area contributed by atoms with E-state index in [2.05, 4.69) is 19.1 Å². The molecule has 1 heterocycles. The molecular weight excluding hydrogens is 441 g/mol. The lowest BCUT2D eigenvalue weighted by molar-refractivity contribution is -0.227. The number of hydrogen-bond acceptors (Lipinski definition) is 4. The van der Waals surface area contributed by atoms with E-state index in [1.165, 1.54) is 12.8 Å². The highest BCUT2D eigenvalue weighted by Crippen LogP contribution is 2.25. The molecule has 0 bridgehead atoms. The predicted octanol–water partition coefficient (Wildman–Crippen LogP) is 6.52. The number of rotatable bonds is 11. The molecule has 3 aromatic carbocycles. The first-order valence-electron chi connectivity index (χ1n) is 12.7. The van der Waals surface area contributed by atoms with E-state index in [0.29, 0.717) is 36.1 Å². The van der Waals surface area contributed by atoms with Crippen LogP contribution < -0.4 is 0 Å². The second-order valence-corrected chi connectivity index (χ2v) is 9.24. The monoisotopic (exact) mass is 475 g/mol. The molecule has 0 aromatic heterocycles. The first-order chi connectivity index (χ1) is 17.2. The van der Waals surface area contributed by atoms with E-state index in [1.54, 1.807) is 12.1 Å². The number of aryl methyl sites for hydroxylation is 3. The van der Waals surface area contributed by atoms with Crippen molar-refractivity contribution in [3.63, 3.8) is 0 Å². The van der Waals surface area contributed by atoms with Crippen LogP contribution in [0.15, 0.2) is 54.6 Å². The average molecular weight is 476 g/mol. The minimum absolute atomic E-state index is 0.0258. The SMILES string of the molecule is CCCCCOC1COC(CCc2ccc3c(F)c(CCc4ccc(C#N)cc4)ccc3c2)OC1. The number of nitrogens with zero attached hydrogens (tertiary/aromatic N) is 1. The highest BCUT2D eigenvalue weighted by Gasteiger charge is 2.22. The lowest BCUT2D eigenvalue weighted by Gasteiger charge is -2.29. The molecule has 1 aliphatic rings. The van der Waals surface area contributed by atoms with Crippen molar-refractivity contribution in [1.29, 1.82) is 5.26 Å². The zero-order valence-electron chi connectivity index (χ0n) is 20.5. The number of hydrogen-bond donors (Lipinski definition) is 0. The molecule has 0 unspecified atom stereocenters. The fourth-order valence-electron chi connectivity index (χ4n) is 4.44.